The molecule has 0 spiro atoms. The van der Waals surface area contributed by atoms with Gasteiger partial charge in [0.25, 0.3) is 0 Å². The van der Waals surface area contributed by atoms with Gasteiger partial charge in [-0.2, -0.15) is 0 Å². The summed E-state index contributed by atoms with van der Waals surface area (Å²) in [5.74, 6) is 4.58. The Balaban J connectivity index is 1.53. The SMILES string of the molecule is CNC/C=C1/CC[C@H]2[C@@H]3CC[C@@H]4C[C@](C)(O)CC[C@@H]4[C@H]3CC[C@]12C. The molecule has 0 aromatic carbocycles. The van der Waals surface area contributed by atoms with Gasteiger partial charge < -0.3 is 10.4 Å². The molecule has 0 saturated heterocycles. The number of allylic oxidation sites excluding steroid dienone is 1. The summed E-state index contributed by atoms with van der Waals surface area (Å²) in [6.45, 7) is 5.69. The molecule has 4 saturated carbocycles. The van der Waals surface area contributed by atoms with E-state index in [1.165, 1.54) is 44.9 Å². The highest BCUT2D eigenvalue weighted by Crippen LogP contribution is 2.64. The van der Waals surface area contributed by atoms with Crippen LogP contribution in [0.5, 0.6) is 0 Å². The van der Waals surface area contributed by atoms with Crippen molar-refractivity contribution in [2.75, 3.05) is 13.6 Å². The van der Waals surface area contributed by atoms with Crippen molar-refractivity contribution in [2.45, 2.75) is 77.2 Å². The van der Waals surface area contributed by atoms with Crippen molar-refractivity contribution in [2.24, 2.45) is 35.0 Å². The molecule has 0 aromatic heterocycles. The van der Waals surface area contributed by atoms with Gasteiger partial charge in [-0.15, -0.1) is 0 Å². The van der Waals surface area contributed by atoms with Crippen molar-refractivity contribution in [3.8, 4) is 0 Å². The van der Waals surface area contributed by atoms with E-state index in [9.17, 15) is 5.11 Å². The summed E-state index contributed by atoms with van der Waals surface area (Å²) >= 11 is 0. The molecular weight excluding hydrogens is 294 g/mol. The Bertz CT molecular complexity index is 510. The fourth-order valence-corrected chi connectivity index (χ4v) is 7.49. The number of aliphatic hydroxyl groups is 1. The minimum atomic E-state index is -0.381. The van der Waals surface area contributed by atoms with Crippen molar-refractivity contribution < 1.29 is 5.11 Å². The minimum Gasteiger partial charge on any atom is -0.390 e. The number of fused-ring (bicyclic) bond motifs is 5. The van der Waals surface area contributed by atoms with Gasteiger partial charge in [0.05, 0.1) is 5.60 Å². The van der Waals surface area contributed by atoms with Crippen molar-refractivity contribution in [3.63, 3.8) is 0 Å². The highest BCUT2D eigenvalue weighted by Gasteiger charge is 2.55. The van der Waals surface area contributed by atoms with Crippen LogP contribution < -0.4 is 5.32 Å². The van der Waals surface area contributed by atoms with E-state index in [-0.39, 0.29) is 5.60 Å². The topological polar surface area (TPSA) is 32.3 Å². The Morgan fingerprint density at radius 2 is 1.83 bits per heavy atom. The second-order valence-corrected chi connectivity index (χ2v) is 9.96. The molecule has 0 aliphatic heterocycles. The number of likely N-dealkylation sites (N-methyl/N-ethyl adjacent to an activating group) is 1. The van der Waals surface area contributed by atoms with E-state index in [2.05, 4.69) is 32.3 Å². The van der Waals surface area contributed by atoms with Gasteiger partial charge in [-0.3, -0.25) is 0 Å². The highest BCUT2D eigenvalue weighted by molar-refractivity contribution is 5.24. The van der Waals surface area contributed by atoms with Gasteiger partial charge in [0.1, 0.15) is 0 Å². The number of nitrogens with one attached hydrogen (secondary N) is 1. The minimum absolute atomic E-state index is 0.381. The fourth-order valence-electron chi connectivity index (χ4n) is 7.49. The molecule has 136 valence electrons. The fraction of sp³-hybridized carbons (Fsp3) is 0.909. The molecule has 0 bridgehead atoms. The zero-order chi connectivity index (χ0) is 16.9. The summed E-state index contributed by atoms with van der Waals surface area (Å²) in [5, 5.41) is 13.8. The molecule has 0 heterocycles. The Labute approximate surface area is 148 Å². The Hall–Kier alpha value is -0.340. The van der Waals surface area contributed by atoms with E-state index in [0.717, 1.165) is 49.0 Å². The summed E-state index contributed by atoms with van der Waals surface area (Å²) in [4.78, 5) is 0. The molecule has 0 aromatic rings. The first-order chi connectivity index (χ1) is 11.4. The summed E-state index contributed by atoms with van der Waals surface area (Å²) in [6.07, 6.45) is 14.3. The maximum atomic E-state index is 10.5. The third kappa shape index (κ3) is 2.69. The Morgan fingerprint density at radius 1 is 1.04 bits per heavy atom. The van der Waals surface area contributed by atoms with Crippen LogP contribution in [0.4, 0.5) is 0 Å². The molecule has 2 heteroatoms. The first-order valence-corrected chi connectivity index (χ1v) is 10.5. The van der Waals surface area contributed by atoms with E-state index in [1.807, 2.05) is 0 Å². The Kier molecular flexibility index (Phi) is 4.36. The number of rotatable bonds is 2. The molecule has 2 N–H and O–H groups in total. The molecule has 4 fully saturated rings. The maximum Gasteiger partial charge on any atom is 0.0622 e. The van der Waals surface area contributed by atoms with Crippen molar-refractivity contribution in [3.05, 3.63) is 11.6 Å². The lowest BCUT2D eigenvalue weighted by Crippen LogP contribution is -2.49. The molecule has 4 aliphatic rings. The molecule has 2 nitrogen and oxygen atoms in total. The van der Waals surface area contributed by atoms with Crippen LogP contribution in [0.15, 0.2) is 11.6 Å². The first-order valence-electron chi connectivity index (χ1n) is 10.5. The van der Waals surface area contributed by atoms with Crippen LogP contribution in [-0.4, -0.2) is 24.3 Å². The lowest BCUT2D eigenvalue weighted by Gasteiger charge is -2.56. The zero-order valence-electron chi connectivity index (χ0n) is 16.0. The maximum absolute atomic E-state index is 10.5. The van der Waals surface area contributed by atoms with Crippen LogP contribution in [0.2, 0.25) is 0 Å². The van der Waals surface area contributed by atoms with Crippen LogP contribution in [0, 0.1) is 35.0 Å². The molecule has 7 atom stereocenters. The van der Waals surface area contributed by atoms with Crippen molar-refractivity contribution >= 4 is 0 Å². The van der Waals surface area contributed by atoms with E-state index >= 15 is 0 Å². The predicted octanol–water partition coefficient (Wildman–Crippen LogP) is 4.54. The van der Waals surface area contributed by atoms with Gasteiger partial charge in [0.2, 0.25) is 0 Å². The summed E-state index contributed by atoms with van der Waals surface area (Å²) < 4.78 is 0. The zero-order valence-corrected chi connectivity index (χ0v) is 16.0. The second kappa shape index (κ2) is 6.13. The molecule has 24 heavy (non-hydrogen) atoms. The molecule has 4 rings (SSSR count). The largest absolute Gasteiger partial charge is 0.390 e. The molecule has 0 unspecified atom stereocenters. The third-order valence-corrected chi connectivity index (χ3v) is 8.64. The van der Waals surface area contributed by atoms with Crippen molar-refractivity contribution in [1.29, 1.82) is 0 Å². The highest BCUT2D eigenvalue weighted by atomic mass is 16.3. The second-order valence-electron chi connectivity index (χ2n) is 9.96. The van der Waals surface area contributed by atoms with Crippen LogP contribution in [0.1, 0.15) is 71.6 Å². The van der Waals surface area contributed by atoms with Gasteiger partial charge in [0, 0.05) is 6.54 Å². The van der Waals surface area contributed by atoms with Crippen LogP contribution >= 0.6 is 0 Å². The molecule has 0 radical (unpaired) electrons. The first kappa shape index (κ1) is 17.1. The summed E-state index contributed by atoms with van der Waals surface area (Å²) in [7, 11) is 2.06. The standard InChI is InChI=1S/C22H37NO/c1-21(24)11-8-17-15(14-21)4-6-19-18(17)9-12-22(2)16(10-13-23-3)5-7-20(19)22/h10,15,17-20,23-24H,4-9,11-14H2,1-3H3/b16-10-/t15-,17+,18-,19-,20+,21-,22-/m1/s1. The lowest BCUT2D eigenvalue weighted by atomic mass is 9.49. The third-order valence-electron chi connectivity index (χ3n) is 8.64. The number of hydrogen-bond acceptors (Lipinski definition) is 2. The molecule has 0 amide bonds. The summed E-state index contributed by atoms with van der Waals surface area (Å²) in [6, 6.07) is 0. The molecular formula is C22H37NO. The normalized spacial score (nSPS) is 52.7. The quantitative estimate of drug-likeness (QED) is 0.728. The van der Waals surface area contributed by atoms with Crippen LogP contribution in [0.25, 0.3) is 0 Å². The van der Waals surface area contributed by atoms with Gasteiger partial charge in [-0.05, 0) is 107 Å². The summed E-state index contributed by atoms with van der Waals surface area (Å²) in [5.41, 5.74) is 1.87. The van der Waals surface area contributed by atoms with Crippen LogP contribution in [-0.2, 0) is 0 Å². The van der Waals surface area contributed by atoms with Gasteiger partial charge in [-0.1, -0.05) is 18.6 Å². The molecule has 4 aliphatic carbocycles. The average Bonchev–Trinajstić information content (AvgIpc) is 2.88. The van der Waals surface area contributed by atoms with Gasteiger partial charge in [0.15, 0.2) is 0 Å². The van der Waals surface area contributed by atoms with E-state index in [1.54, 1.807) is 5.57 Å². The Morgan fingerprint density at radius 3 is 2.62 bits per heavy atom. The van der Waals surface area contributed by atoms with Gasteiger partial charge >= 0.3 is 0 Å². The predicted molar refractivity (Wildman–Crippen MR) is 99.7 cm³/mol. The van der Waals surface area contributed by atoms with E-state index in [4.69, 9.17) is 0 Å². The average molecular weight is 332 g/mol. The monoisotopic (exact) mass is 331 g/mol. The van der Waals surface area contributed by atoms with E-state index in [0.29, 0.717) is 5.41 Å². The van der Waals surface area contributed by atoms with E-state index < -0.39 is 0 Å². The van der Waals surface area contributed by atoms with Crippen molar-refractivity contribution in [1.82, 2.24) is 5.32 Å². The van der Waals surface area contributed by atoms with Crippen LogP contribution in [0.3, 0.4) is 0 Å². The smallest absolute Gasteiger partial charge is 0.0622 e. The van der Waals surface area contributed by atoms with Gasteiger partial charge in [-0.25, -0.2) is 0 Å². The lowest BCUT2D eigenvalue weighted by molar-refractivity contribution is -0.0899. The number of hydrogen-bond donors (Lipinski definition) is 2.